The van der Waals surface area contributed by atoms with Gasteiger partial charge in [-0.25, -0.2) is 0 Å². The number of amides is 1. The second-order valence-electron chi connectivity index (χ2n) is 6.92. The Morgan fingerprint density at radius 1 is 1.17 bits per heavy atom. The second-order valence-corrected chi connectivity index (χ2v) is 7.33. The topological polar surface area (TPSA) is 85.5 Å². The molecule has 0 saturated heterocycles. The number of hydrogen-bond donors (Lipinski definition) is 0. The Labute approximate surface area is 178 Å². The fourth-order valence-corrected chi connectivity index (χ4v) is 3.29. The third kappa shape index (κ3) is 4.58. The summed E-state index contributed by atoms with van der Waals surface area (Å²) in [6.45, 7) is 2.03. The number of carbonyl (C=O) groups is 1. The molecule has 0 aliphatic carbocycles. The molecule has 1 unspecified atom stereocenters. The van der Waals surface area contributed by atoms with Crippen LogP contribution in [0.4, 0.5) is 5.69 Å². The molecule has 3 aromatic rings. The number of nitro benzene ring substituents is 1. The number of rotatable bonds is 6. The molecule has 0 bridgehead atoms. The summed E-state index contributed by atoms with van der Waals surface area (Å²) in [6, 6.07) is 15.8. The maximum Gasteiger partial charge on any atom is 0.269 e. The normalized spacial score (nSPS) is 11.7. The zero-order valence-electron chi connectivity index (χ0n) is 16.5. The van der Waals surface area contributed by atoms with E-state index < -0.39 is 11.0 Å². The first-order valence-electron chi connectivity index (χ1n) is 9.23. The molecule has 0 N–H and O–H groups in total. The molecular formula is C22H20ClN3O4. The molecule has 30 heavy (non-hydrogen) atoms. The van der Waals surface area contributed by atoms with Crippen LogP contribution in [0.25, 0.3) is 0 Å². The molecule has 0 aliphatic rings. The molecule has 0 fully saturated rings. The van der Waals surface area contributed by atoms with Crippen LogP contribution in [-0.4, -0.2) is 27.3 Å². The highest BCUT2D eigenvalue weighted by atomic mass is 35.5. The average Bonchev–Trinajstić information content (AvgIpc) is 2.75. The van der Waals surface area contributed by atoms with Crippen LogP contribution in [0.3, 0.4) is 0 Å². The molecule has 154 valence electrons. The molecule has 0 spiro atoms. The lowest BCUT2D eigenvalue weighted by Gasteiger charge is -2.25. The van der Waals surface area contributed by atoms with Gasteiger partial charge in [-0.05, 0) is 30.2 Å². The predicted molar refractivity (Wildman–Crippen MR) is 115 cm³/mol. The molecule has 7 nitrogen and oxygen atoms in total. The van der Waals surface area contributed by atoms with Crippen LogP contribution in [0.2, 0.25) is 5.02 Å². The number of halogens is 1. The van der Waals surface area contributed by atoms with Crippen LogP contribution in [0, 0.1) is 10.1 Å². The molecule has 1 heterocycles. The number of nitrogens with zero attached hydrogens (tertiary/aromatic N) is 3. The molecule has 8 heteroatoms. The molecule has 2 aromatic carbocycles. The third-order valence-corrected chi connectivity index (χ3v) is 5.36. The Morgan fingerprint density at radius 3 is 2.60 bits per heavy atom. The second kappa shape index (κ2) is 8.92. The molecule has 0 saturated carbocycles. The van der Waals surface area contributed by atoms with Crippen LogP contribution in [0.1, 0.15) is 34.5 Å². The summed E-state index contributed by atoms with van der Waals surface area (Å²) >= 11 is 6.19. The lowest BCUT2D eigenvalue weighted by molar-refractivity contribution is -0.384. The quantitative estimate of drug-likeness (QED) is 0.435. The summed E-state index contributed by atoms with van der Waals surface area (Å²) in [6.07, 6.45) is 1.50. The van der Waals surface area contributed by atoms with Gasteiger partial charge in [-0.1, -0.05) is 41.9 Å². The van der Waals surface area contributed by atoms with Gasteiger partial charge in [0.25, 0.3) is 17.2 Å². The van der Waals surface area contributed by atoms with Gasteiger partial charge in [0.15, 0.2) is 0 Å². The van der Waals surface area contributed by atoms with E-state index in [1.54, 1.807) is 38.2 Å². The number of hydrogen-bond acceptors (Lipinski definition) is 4. The van der Waals surface area contributed by atoms with E-state index in [9.17, 15) is 19.7 Å². The zero-order valence-corrected chi connectivity index (χ0v) is 17.2. The van der Waals surface area contributed by atoms with E-state index in [0.29, 0.717) is 16.1 Å². The number of aromatic nitrogens is 1. The minimum atomic E-state index is -0.470. The Hall–Kier alpha value is -3.45. The fourth-order valence-electron chi connectivity index (χ4n) is 3.09. The van der Waals surface area contributed by atoms with Crippen molar-refractivity contribution < 1.29 is 9.72 Å². The lowest BCUT2D eigenvalue weighted by atomic mass is 10.1. The molecule has 3 rings (SSSR count). The van der Waals surface area contributed by atoms with E-state index in [-0.39, 0.29) is 23.7 Å². The maximum absolute atomic E-state index is 13.0. The van der Waals surface area contributed by atoms with Crippen LogP contribution < -0.4 is 5.56 Å². The Bertz CT molecular complexity index is 1160. The molecule has 0 aliphatic heterocycles. The van der Waals surface area contributed by atoms with E-state index in [1.165, 1.54) is 39.9 Å². The lowest BCUT2D eigenvalue weighted by Crippen LogP contribution is -2.31. The highest BCUT2D eigenvalue weighted by Crippen LogP contribution is 2.24. The van der Waals surface area contributed by atoms with Gasteiger partial charge in [0.1, 0.15) is 0 Å². The number of non-ortho nitro benzene ring substituents is 1. The fraction of sp³-hybridized carbons (Fsp3) is 0.182. The maximum atomic E-state index is 13.0. The van der Waals surface area contributed by atoms with Crippen molar-refractivity contribution in [3.8, 4) is 0 Å². The van der Waals surface area contributed by atoms with E-state index in [2.05, 4.69) is 0 Å². The number of pyridine rings is 1. The number of nitro groups is 1. The van der Waals surface area contributed by atoms with Crippen LogP contribution in [-0.2, 0) is 6.54 Å². The SMILES string of the molecule is CC(c1cccc([N+](=O)[O-])c1)N(C)C(=O)c1ccc(=O)n(Cc2ccccc2Cl)c1. The van der Waals surface area contributed by atoms with E-state index >= 15 is 0 Å². The molecular weight excluding hydrogens is 406 g/mol. The summed E-state index contributed by atoms with van der Waals surface area (Å²) in [5.41, 5.74) is 1.46. The van der Waals surface area contributed by atoms with Crippen molar-refractivity contribution in [3.63, 3.8) is 0 Å². The first-order chi connectivity index (χ1) is 14.3. The van der Waals surface area contributed by atoms with Crippen molar-refractivity contribution in [2.75, 3.05) is 7.05 Å². The molecule has 1 amide bonds. The Kier molecular flexibility index (Phi) is 6.32. The molecule has 0 radical (unpaired) electrons. The Morgan fingerprint density at radius 2 is 1.90 bits per heavy atom. The van der Waals surface area contributed by atoms with Crippen molar-refractivity contribution in [2.45, 2.75) is 19.5 Å². The van der Waals surface area contributed by atoms with Gasteiger partial charge in [-0.3, -0.25) is 19.7 Å². The highest BCUT2D eigenvalue weighted by molar-refractivity contribution is 6.31. The van der Waals surface area contributed by atoms with Crippen LogP contribution >= 0.6 is 11.6 Å². The molecule has 1 atom stereocenters. The smallest absolute Gasteiger partial charge is 0.269 e. The van der Waals surface area contributed by atoms with Gasteiger partial charge in [0.05, 0.1) is 23.1 Å². The predicted octanol–water partition coefficient (Wildman–Crippen LogP) is 4.29. The van der Waals surface area contributed by atoms with E-state index in [1.807, 2.05) is 12.1 Å². The van der Waals surface area contributed by atoms with Crippen molar-refractivity contribution in [3.05, 3.63) is 109 Å². The monoisotopic (exact) mass is 425 g/mol. The van der Waals surface area contributed by atoms with Gasteiger partial charge in [-0.15, -0.1) is 0 Å². The van der Waals surface area contributed by atoms with Gasteiger partial charge < -0.3 is 9.47 Å². The first kappa shape index (κ1) is 21.3. The Balaban J connectivity index is 1.86. The number of benzene rings is 2. The largest absolute Gasteiger partial charge is 0.335 e. The summed E-state index contributed by atoms with van der Waals surface area (Å²) in [5.74, 6) is -0.304. The zero-order chi connectivity index (χ0) is 21.8. The van der Waals surface area contributed by atoms with Crippen LogP contribution in [0.5, 0.6) is 0 Å². The van der Waals surface area contributed by atoms with Gasteiger partial charge >= 0.3 is 0 Å². The van der Waals surface area contributed by atoms with Gasteiger partial charge in [0, 0.05) is 36.5 Å². The van der Waals surface area contributed by atoms with E-state index in [0.717, 1.165) is 5.56 Å². The van der Waals surface area contributed by atoms with Crippen molar-refractivity contribution >= 4 is 23.2 Å². The number of carbonyl (C=O) groups excluding carboxylic acids is 1. The standard InChI is InChI=1S/C22H20ClN3O4/c1-15(16-7-5-8-19(12-16)26(29)30)24(2)22(28)18-10-11-21(27)25(14-18)13-17-6-3-4-9-20(17)23/h3-12,14-15H,13H2,1-2H3. The third-order valence-electron chi connectivity index (χ3n) is 4.99. The van der Waals surface area contributed by atoms with Gasteiger partial charge in [0.2, 0.25) is 0 Å². The highest BCUT2D eigenvalue weighted by Gasteiger charge is 2.21. The average molecular weight is 426 g/mol. The molecule has 1 aromatic heterocycles. The summed E-state index contributed by atoms with van der Waals surface area (Å²) in [5, 5.41) is 11.6. The van der Waals surface area contributed by atoms with Crippen molar-refractivity contribution in [1.29, 1.82) is 0 Å². The summed E-state index contributed by atoms with van der Waals surface area (Å²) < 4.78 is 1.43. The van der Waals surface area contributed by atoms with Gasteiger partial charge in [-0.2, -0.15) is 0 Å². The summed E-state index contributed by atoms with van der Waals surface area (Å²) in [4.78, 5) is 37.3. The minimum absolute atomic E-state index is 0.0338. The minimum Gasteiger partial charge on any atom is -0.335 e. The summed E-state index contributed by atoms with van der Waals surface area (Å²) in [7, 11) is 1.62. The van der Waals surface area contributed by atoms with Crippen molar-refractivity contribution in [1.82, 2.24) is 9.47 Å². The van der Waals surface area contributed by atoms with Crippen molar-refractivity contribution in [2.24, 2.45) is 0 Å². The van der Waals surface area contributed by atoms with E-state index in [4.69, 9.17) is 11.6 Å². The first-order valence-corrected chi connectivity index (χ1v) is 9.61. The van der Waals surface area contributed by atoms with Crippen LogP contribution in [0.15, 0.2) is 71.7 Å².